The predicted molar refractivity (Wildman–Crippen MR) is 124 cm³/mol. The second kappa shape index (κ2) is 10.6. The molecular weight excluding hydrogens is 408 g/mol. The lowest BCUT2D eigenvalue weighted by Crippen LogP contribution is -2.47. The molecule has 1 aromatic heterocycles. The summed E-state index contributed by atoms with van der Waals surface area (Å²) in [5.74, 6) is 0.331. The average Bonchev–Trinajstić information content (AvgIpc) is 3.18. The van der Waals surface area contributed by atoms with Crippen molar-refractivity contribution in [2.45, 2.75) is 17.8 Å². The fourth-order valence-electron chi connectivity index (χ4n) is 3.70. The zero-order chi connectivity index (χ0) is 21.5. The third kappa shape index (κ3) is 5.97. The molecule has 1 aliphatic heterocycles. The van der Waals surface area contributed by atoms with E-state index in [2.05, 4.69) is 51.6 Å². The van der Waals surface area contributed by atoms with E-state index in [1.807, 2.05) is 42.1 Å². The van der Waals surface area contributed by atoms with Crippen molar-refractivity contribution in [3.05, 3.63) is 72.4 Å². The van der Waals surface area contributed by atoms with Crippen LogP contribution in [0.15, 0.2) is 72.0 Å². The van der Waals surface area contributed by atoms with Crippen LogP contribution >= 0.6 is 11.8 Å². The number of nitrogens with zero attached hydrogens (tertiary/aromatic N) is 3. The third-order valence-corrected chi connectivity index (χ3v) is 6.39. The lowest BCUT2D eigenvalue weighted by molar-refractivity contribution is -0.119. The van der Waals surface area contributed by atoms with Crippen LogP contribution in [0, 0.1) is 0 Å². The van der Waals surface area contributed by atoms with Crippen LogP contribution in [-0.2, 0) is 23.1 Å². The number of thioether (sulfide) groups is 1. The van der Waals surface area contributed by atoms with Crippen molar-refractivity contribution in [3.63, 3.8) is 0 Å². The molecule has 2 aromatic carbocycles. The zero-order valence-electron chi connectivity index (χ0n) is 17.7. The molecule has 6 nitrogen and oxygen atoms in total. The standard InChI is InChI=1S/C24H28N4O2S/c1-27-22(20-10-6-3-7-11-20)15-26-24(27)31-18-23(29)25-14-21-17-28(12-13-30-21)16-19-8-4-2-5-9-19/h2-11,15,21H,12-14,16-18H2,1H3,(H,25,29). The molecule has 4 rings (SSSR count). The normalized spacial score (nSPS) is 16.9. The quantitative estimate of drug-likeness (QED) is 0.550. The van der Waals surface area contributed by atoms with E-state index in [1.54, 1.807) is 0 Å². The van der Waals surface area contributed by atoms with Gasteiger partial charge in [0.1, 0.15) is 0 Å². The number of rotatable bonds is 8. The SMILES string of the molecule is Cn1c(-c2ccccc2)cnc1SCC(=O)NCC1CN(Cc2ccccc2)CCO1. The van der Waals surface area contributed by atoms with Crippen molar-refractivity contribution in [2.24, 2.45) is 7.05 Å². The van der Waals surface area contributed by atoms with Gasteiger partial charge in [0.2, 0.25) is 5.91 Å². The third-order valence-electron chi connectivity index (χ3n) is 5.35. The van der Waals surface area contributed by atoms with Crippen molar-refractivity contribution < 1.29 is 9.53 Å². The molecule has 1 amide bonds. The Kier molecular flexibility index (Phi) is 7.40. The molecule has 0 aliphatic carbocycles. The Morgan fingerprint density at radius 2 is 1.90 bits per heavy atom. The maximum atomic E-state index is 12.4. The van der Waals surface area contributed by atoms with Crippen LogP contribution in [0.3, 0.4) is 0 Å². The molecule has 0 bridgehead atoms. The smallest absolute Gasteiger partial charge is 0.230 e. The van der Waals surface area contributed by atoms with Crippen LogP contribution in [-0.4, -0.2) is 58.5 Å². The van der Waals surface area contributed by atoms with Crippen LogP contribution in [0.1, 0.15) is 5.56 Å². The largest absolute Gasteiger partial charge is 0.374 e. The van der Waals surface area contributed by atoms with Crippen molar-refractivity contribution in [2.75, 3.05) is 32.0 Å². The van der Waals surface area contributed by atoms with Gasteiger partial charge in [-0.05, 0) is 11.1 Å². The molecule has 1 aliphatic rings. The first-order valence-corrected chi connectivity index (χ1v) is 11.5. The Morgan fingerprint density at radius 3 is 2.68 bits per heavy atom. The van der Waals surface area contributed by atoms with E-state index in [0.717, 1.165) is 36.0 Å². The molecule has 1 N–H and O–H groups in total. The molecule has 31 heavy (non-hydrogen) atoms. The van der Waals surface area contributed by atoms with Crippen LogP contribution in [0.25, 0.3) is 11.3 Å². The number of carbonyl (C=O) groups is 1. The molecule has 1 fully saturated rings. The van der Waals surface area contributed by atoms with Gasteiger partial charge in [0.15, 0.2) is 5.16 Å². The van der Waals surface area contributed by atoms with Gasteiger partial charge < -0.3 is 14.6 Å². The molecule has 1 unspecified atom stereocenters. The molecule has 162 valence electrons. The fraction of sp³-hybridized carbons (Fsp3) is 0.333. The number of imidazole rings is 1. The van der Waals surface area contributed by atoms with Gasteiger partial charge in [-0.1, -0.05) is 72.4 Å². The maximum absolute atomic E-state index is 12.4. The highest BCUT2D eigenvalue weighted by atomic mass is 32.2. The van der Waals surface area contributed by atoms with Gasteiger partial charge in [0, 0.05) is 33.2 Å². The van der Waals surface area contributed by atoms with Gasteiger partial charge in [-0.2, -0.15) is 0 Å². The Hall–Kier alpha value is -2.61. The molecule has 2 heterocycles. The van der Waals surface area contributed by atoms with E-state index in [-0.39, 0.29) is 12.0 Å². The highest BCUT2D eigenvalue weighted by Gasteiger charge is 2.21. The Morgan fingerprint density at radius 1 is 1.16 bits per heavy atom. The van der Waals surface area contributed by atoms with Crippen molar-refractivity contribution in [3.8, 4) is 11.3 Å². The minimum absolute atomic E-state index is 0.00181. The summed E-state index contributed by atoms with van der Waals surface area (Å²) < 4.78 is 7.88. The molecule has 0 saturated carbocycles. The van der Waals surface area contributed by atoms with Crippen LogP contribution in [0.4, 0.5) is 0 Å². The van der Waals surface area contributed by atoms with Gasteiger partial charge in [-0.15, -0.1) is 0 Å². The summed E-state index contributed by atoms with van der Waals surface area (Å²) in [5, 5.41) is 3.85. The summed E-state index contributed by atoms with van der Waals surface area (Å²) in [4.78, 5) is 19.2. The maximum Gasteiger partial charge on any atom is 0.230 e. The van der Waals surface area contributed by atoms with Crippen molar-refractivity contribution >= 4 is 17.7 Å². The first-order valence-electron chi connectivity index (χ1n) is 10.5. The number of amides is 1. The van der Waals surface area contributed by atoms with E-state index in [0.29, 0.717) is 18.9 Å². The lowest BCUT2D eigenvalue weighted by atomic mass is 10.2. The Labute approximate surface area is 187 Å². The second-order valence-electron chi connectivity index (χ2n) is 7.66. The van der Waals surface area contributed by atoms with E-state index in [1.165, 1.54) is 17.3 Å². The van der Waals surface area contributed by atoms with Gasteiger partial charge in [-0.3, -0.25) is 9.69 Å². The van der Waals surface area contributed by atoms with Crippen molar-refractivity contribution in [1.29, 1.82) is 0 Å². The molecule has 0 radical (unpaired) electrons. The molecule has 7 heteroatoms. The lowest BCUT2D eigenvalue weighted by Gasteiger charge is -2.33. The van der Waals surface area contributed by atoms with Gasteiger partial charge in [-0.25, -0.2) is 4.98 Å². The fourth-order valence-corrected chi connectivity index (χ4v) is 4.48. The van der Waals surface area contributed by atoms with Gasteiger partial charge >= 0.3 is 0 Å². The van der Waals surface area contributed by atoms with Crippen molar-refractivity contribution in [1.82, 2.24) is 19.8 Å². The number of morpholine rings is 1. The number of aromatic nitrogens is 2. The summed E-state index contributed by atoms with van der Waals surface area (Å²) in [6, 6.07) is 20.6. The first-order chi connectivity index (χ1) is 15.2. The first kappa shape index (κ1) is 21.6. The topological polar surface area (TPSA) is 59.4 Å². The number of carbonyl (C=O) groups excluding carboxylic acids is 1. The summed E-state index contributed by atoms with van der Waals surface area (Å²) in [6.45, 7) is 3.87. The second-order valence-corrected chi connectivity index (χ2v) is 8.60. The molecule has 0 spiro atoms. The monoisotopic (exact) mass is 436 g/mol. The highest BCUT2D eigenvalue weighted by Crippen LogP contribution is 2.24. The summed E-state index contributed by atoms with van der Waals surface area (Å²) in [6.07, 6.45) is 1.87. The summed E-state index contributed by atoms with van der Waals surface area (Å²) in [7, 11) is 1.98. The summed E-state index contributed by atoms with van der Waals surface area (Å²) in [5.41, 5.74) is 3.45. The van der Waals surface area contributed by atoms with Gasteiger partial charge in [0.05, 0.1) is 30.4 Å². The number of nitrogens with one attached hydrogen (secondary N) is 1. The predicted octanol–water partition coefficient (Wildman–Crippen LogP) is 3.20. The van der Waals surface area contributed by atoms with Crippen LogP contribution < -0.4 is 5.32 Å². The number of hydrogen-bond donors (Lipinski definition) is 1. The number of benzene rings is 2. The molecule has 3 aromatic rings. The van der Waals surface area contributed by atoms with E-state index in [4.69, 9.17) is 4.74 Å². The zero-order valence-corrected chi connectivity index (χ0v) is 18.6. The van der Waals surface area contributed by atoms with E-state index in [9.17, 15) is 4.79 Å². The van der Waals surface area contributed by atoms with Gasteiger partial charge in [0.25, 0.3) is 0 Å². The Balaban J connectivity index is 1.22. The molecule has 1 atom stereocenters. The molecule has 1 saturated heterocycles. The van der Waals surface area contributed by atoms with E-state index < -0.39 is 0 Å². The van der Waals surface area contributed by atoms with Crippen LogP contribution in [0.5, 0.6) is 0 Å². The molecular formula is C24H28N4O2S. The highest BCUT2D eigenvalue weighted by molar-refractivity contribution is 7.99. The number of ether oxygens (including phenoxy) is 1. The summed E-state index contributed by atoms with van der Waals surface area (Å²) >= 11 is 1.45. The number of hydrogen-bond acceptors (Lipinski definition) is 5. The minimum Gasteiger partial charge on any atom is -0.374 e. The van der Waals surface area contributed by atoms with Crippen LogP contribution in [0.2, 0.25) is 0 Å². The van der Waals surface area contributed by atoms with E-state index >= 15 is 0 Å². The Bertz CT molecular complexity index is 978. The average molecular weight is 437 g/mol. The minimum atomic E-state index is -0.00181.